The van der Waals surface area contributed by atoms with E-state index in [1.807, 2.05) is 47.9 Å². The lowest BCUT2D eigenvalue weighted by molar-refractivity contribution is 0.0847. The number of hydrogen-bond donors (Lipinski definition) is 2. The van der Waals surface area contributed by atoms with E-state index in [-0.39, 0.29) is 37.3 Å². The molecule has 7 nitrogen and oxygen atoms in total. The van der Waals surface area contributed by atoms with Crippen LogP contribution in [-0.4, -0.2) is 70.8 Å². The Morgan fingerprint density at radius 1 is 1.05 bits per heavy atom. The maximum Gasteiger partial charge on any atom is 0.271 e. The molecule has 0 saturated carbocycles. The van der Waals surface area contributed by atoms with Crippen molar-refractivity contribution < 1.29 is 9.90 Å². The number of aliphatic hydroxyl groups is 1. The lowest BCUT2D eigenvalue weighted by Crippen LogP contribution is -2.50. The summed E-state index contributed by atoms with van der Waals surface area (Å²) in [5.74, 6) is 0.535. The molecule has 4 rings (SSSR count). The molecule has 0 spiro atoms. The van der Waals surface area contributed by atoms with Crippen LogP contribution in [0.2, 0.25) is 15.1 Å². The summed E-state index contributed by atoms with van der Waals surface area (Å²) in [6.07, 6.45) is 0.950. The van der Waals surface area contributed by atoms with Crippen LogP contribution >= 0.6 is 59.6 Å². The number of hydrogen-bond acceptors (Lipinski definition) is 5. The second kappa shape index (κ2) is 15.3. The Morgan fingerprint density at radius 3 is 2.36 bits per heavy atom. The summed E-state index contributed by atoms with van der Waals surface area (Å²) in [4.78, 5) is 22.0. The zero-order valence-electron chi connectivity index (χ0n) is 21.9. The third kappa shape index (κ3) is 8.17. The Bertz CT molecular complexity index is 1230. The molecule has 1 atom stereocenters. The standard InChI is InChI=1S/C27H32Cl3N5O2.2ClH/c1-3-5-24-32-26(18(2)35(24)20-10-8-19(28)9-11-20)27(37)31-16-21(36)17-33-12-14-34(15-13-33)23-7-4-6-22(29)25(23)30;;/h4,6-11,21,36H,3,5,12-17H2,1-2H3,(H,31,37);2*1H. The molecule has 12 heteroatoms. The molecule has 1 unspecified atom stereocenters. The number of imidazole rings is 1. The minimum Gasteiger partial charge on any atom is -0.390 e. The van der Waals surface area contributed by atoms with E-state index in [9.17, 15) is 9.90 Å². The monoisotopic (exact) mass is 635 g/mol. The zero-order valence-corrected chi connectivity index (χ0v) is 25.8. The van der Waals surface area contributed by atoms with Crippen molar-refractivity contribution in [3.63, 3.8) is 0 Å². The first-order chi connectivity index (χ1) is 17.8. The number of amides is 1. The SMILES string of the molecule is CCCc1nc(C(=O)NCC(O)CN2CCN(c3cccc(Cl)c3Cl)CC2)c(C)n1-c1ccc(Cl)cc1.Cl.Cl. The van der Waals surface area contributed by atoms with Crippen molar-refractivity contribution in [3.8, 4) is 5.69 Å². The van der Waals surface area contributed by atoms with Gasteiger partial charge in [0.1, 0.15) is 11.5 Å². The van der Waals surface area contributed by atoms with Crippen LogP contribution in [-0.2, 0) is 6.42 Å². The molecule has 1 fully saturated rings. The molecule has 3 aromatic rings. The van der Waals surface area contributed by atoms with Gasteiger partial charge in [-0.2, -0.15) is 0 Å². The Morgan fingerprint density at radius 2 is 1.72 bits per heavy atom. The molecule has 1 aromatic heterocycles. The first-order valence-corrected chi connectivity index (χ1v) is 13.6. The third-order valence-electron chi connectivity index (χ3n) is 6.56. The highest BCUT2D eigenvalue weighted by Crippen LogP contribution is 2.32. The van der Waals surface area contributed by atoms with Gasteiger partial charge in [0, 0.05) is 56.4 Å². The van der Waals surface area contributed by atoms with E-state index in [1.54, 1.807) is 6.07 Å². The van der Waals surface area contributed by atoms with Crippen molar-refractivity contribution >= 4 is 71.2 Å². The largest absolute Gasteiger partial charge is 0.390 e. The molecule has 1 saturated heterocycles. The Kier molecular flexibility index (Phi) is 13.2. The number of β-amino-alcohol motifs (C(OH)–C–C–N with tert-alkyl or cyclic N) is 1. The molecule has 1 amide bonds. The molecule has 214 valence electrons. The smallest absolute Gasteiger partial charge is 0.271 e. The Labute approximate surface area is 257 Å². The number of carbonyl (C=O) groups is 1. The van der Waals surface area contributed by atoms with Crippen LogP contribution in [0.3, 0.4) is 0 Å². The normalized spacial score (nSPS) is 14.4. The number of aromatic nitrogens is 2. The fraction of sp³-hybridized carbons (Fsp3) is 0.407. The number of aliphatic hydroxyl groups excluding tert-OH is 1. The zero-order chi connectivity index (χ0) is 26.5. The summed E-state index contributed by atoms with van der Waals surface area (Å²) in [5.41, 5.74) is 2.97. The molecule has 0 radical (unpaired) electrons. The molecule has 2 heterocycles. The number of piperazine rings is 1. The average molecular weight is 638 g/mol. The quantitative estimate of drug-likeness (QED) is 0.308. The highest BCUT2D eigenvalue weighted by molar-refractivity contribution is 6.43. The fourth-order valence-electron chi connectivity index (χ4n) is 4.66. The Hall–Kier alpha value is -1.71. The maximum atomic E-state index is 13.0. The molecule has 0 bridgehead atoms. The number of halogens is 5. The van der Waals surface area contributed by atoms with E-state index in [0.29, 0.717) is 27.3 Å². The summed E-state index contributed by atoms with van der Waals surface area (Å²) < 4.78 is 2.00. The van der Waals surface area contributed by atoms with Gasteiger partial charge < -0.3 is 19.9 Å². The van der Waals surface area contributed by atoms with Crippen molar-refractivity contribution in [2.24, 2.45) is 0 Å². The molecule has 2 aromatic carbocycles. The second-order valence-electron chi connectivity index (χ2n) is 9.25. The molecular weight excluding hydrogens is 604 g/mol. The van der Waals surface area contributed by atoms with Crippen molar-refractivity contribution in [3.05, 3.63) is 74.7 Å². The van der Waals surface area contributed by atoms with Crippen LogP contribution in [0.4, 0.5) is 5.69 Å². The molecule has 1 aliphatic heterocycles. The van der Waals surface area contributed by atoms with Gasteiger partial charge in [0.2, 0.25) is 0 Å². The Balaban J connectivity index is 0.00000267. The third-order valence-corrected chi connectivity index (χ3v) is 7.62. The number of nitrogens with zero attached hydrogens (tertiary/aromatic N) is 4. The van der Waals surface area contributed by atoms with Gasteiger partial charge >= 0.3 is 0 Å². The van der Waals surface area contributed by atoms with Crippen LogP contribution in [0.1, 0.15) is 35.4 Å². The lowest BCUT2D eigenvalue weighted by atomic mass is 10.2. The lowest BCUT2D eigenvalue weighted by Gasteiger charge is -2.37. The van der Waals surface area contributed by atoms with Gasteiger partial charge in [-0.15, -0.1) is 24.8 Å². The van der Waals surface area contributed by atoms with E-state index < -0.39 is 6.10 Å². The second-order valence-corrected chi connectivity index (χ2v) is 10.5. The highest BCUT2D eigenvalue weighted by Gasteiger charge is 2.23. The predicted octanol–water partition coefficient (Wildman–Crippen LogP) is 5.85. The van der Waals surface area contributed by atoms with E-state index in [0.717, 1.165) is 61.9 Å². The summed E-state index contributed by atoms with van der Waals surface area (Å²) in [6.45, 7) is 7.69. The molecule has 2 N–H and O–H groups in total. The van der Waals surface area contributed by atoms with Crippen LogP contribution in [0, 0.1) is 6.92 Å². The first kappa shape index (κ1) is 33.5. The van der Waals surface area contributed by atoms with Crippen molar-refractivity contribution in [2.45, 2.75) is 32.8 Å². The summed E-state index contributed by atoms with van der Waals surface area (Å²) in [6, 6.07) is 13.1. The van der Waals surface area contributed by atoms with E-state index in [1.165, 1.54) is 0 Å². The van der Waals surface area contributed by atoms with Gasteiger partial charge in [-0.3, -0.25) is 9.69 Å². The number of carbonyl (C=O) groups excluding carboxylic acids is 1. The van der Waals surface area contributed by atoms with Crippen LogP contribution in [0.5, 0.6) is 0 Å². The summed E-state index contributed by atoms with van der Waals surface area (Å²) in [5, 5.41) is 15.3. The first-order valence-electron chi connectivity index (χ1n) is 12.5. The number of benzene rings is 2. The average Bonchev–Trinajstić information content (AvgIpc) is 3.21. The number of nitrogens with one attached hydrogen (secondary N) is 1. The van der Waals surface area contributed by atoms with Gasteiger partial charge in [0.25, 0.3) is 5.91 Å². The van der Waals surface area contributed by atoms with Crippen LogP contribution < -0.4 is 10.2 Å². The highest BCUT2D eigenvalue weighted by atomic mass is 35.5. The van der Waals surface area contributed by atoms with Crippen molar-refractivity contribution in [1.82, 2.24) is 19.8 Å². The maximum absolute atomic E-state index is 13.0. The minimum absolute atomic E-state index is 0. The van der Waals surface area contributed by atoms with Gasteiger partial charge in [0.15, 0.2) is 0 Å². The fourth-order valence-corrected chi connectivity index (χ4v) is 5.20. The van der Waals surface area contributed by atoms with E-state index in [2.05, 4.69) is 27.0 Å². The number of aryl methyl sites for hydroxylation is 1. The number of rotatable bonds is 9. The molecule has 0 aliphatic carbocycles. The minimum atomic E-state index is -0.695. The van der Waals surface area contributed by atoms with Gasteiger partial charge in [-0.05, 0) is 49.7 Å². The van der Waals surface area contributed by atoms with Crippen LogP contribution in [0.15, 0.2) is 42.5 Å². The molecular formula is C27H34Cl5N5O2. The van der Waals surface area contributed by atoms with Gasteiger partial charge in [-0.25, -0.2) is 4.98 Å². The van der Waals surface area contributed by atoms with Crippen molar-refractivity contribution in [2.75, 3.05) is 44.2 Å². The summed E-state index contributed by atoms with van der Waals surface area (Å²) in [7, 11) is 0. The van der Waals surface area contributed by atoms with Crippen LogP contribution in [0.25, 0.3) is 5.69 Å². The van der Waals surface area contributed by atoms with Crippen molar-refractivity contribution in [1.29, 1.82) is 0 Å². The van der Waals surface area contributed by atoms with E-state index >= 15 is 0 Å². The van der Waals surface area contributed by atoms with Gasteiger partial charge in [-0.1, -0.05) is 47.8 Å². The van der Waals surface area contributed by atoms with Gasteiger partial charge in [0.05, 0.1) is 27.5 Å². The topological polar surface area (TPSA) is 73.6 Å². The molecule has 1 aliphatic rings. The number of anilines is 1. The van der Waals surface area contributed by atoms with E-state index in [4.69, 9.17) is 34.8 Å². The summed E-state index contributed by atoms with van der Waals surface area (Å²) >= 11 is 18.6. The molecule has 39 heavy (non-hydrogen) atoms. The predicted molar refractivity (Wildman–Crippen MR) is 165 cm³/mol.